The fourth-order valence-electron chi connectivity index (χ4n) is 1.62. The highest BCUT2D eigenvalue weighted by Gasteiger charge is 2.11. The van der Waals surface area contributed by atoms with Crippen molar-refractivity contribution in [3.8, 4) is 5.75 Å². The van der Waals surface area contributed by atoms with Gasteiger partial charge in [-0.1, -0.05) is 12.1 Å². The number of halogens is 1. The molecule has 0 saturated heterocycles. The number of nitrogens with two attached hydrogens (primary N) is 1. The van der Waals surface area contributed by atoms with Crippen molar-refractivity contribution in [1.29, 1.82) is 0 Å². The predicted octanol–water partition coefficient (Wildman–Crippen LogP) is 0.537. The smallest absolute Gasteiger partial charge is 0.244 e. The first-order valence-electron chi connectivity index (χ1n) is 6.32. The largest absolute Gasteiger partial charge is 0.489 e. The predicted molar refractivity (Wildman–Crippen MR) is 74.0 cm³/mol. The fraction of sp³-hybridized carbons (Fsp3) is 0.308. The van der Waals surface area contributed by atoms with Crippen LogP contribution in [0.15, 0.2) is 30.6 Å². The van der Waals surface area contributed by atoms with Gasteiger partial charge in [0, 0.05) is 7.05 Å². The number of hydrogen-bond acceptors (Lipinski definition) is 5. The summed E-state index contributed by atoms with van der Waals surface area (Å²) in [6.45, 7) is 0.570. The van der Waals surface area contributed by atoms with Crippen LogP contribution in [0.25, 0.3) is 0 Å². The Morgan fingerprint density at radius 2 is 2.24 bits per heavy atom. The number of anilines is 1. The van der Waals surface area contributed by atoms with E-state index in [9.17, 15) is 9.18 Å². The van der Waals surface area contributed by atoms with Gasteiger partial charge < -0.3 is 15.4 Å². The molecule has 1 aromatic heterocycles. The van der Waals surface area contributed by atoms with Gasteiger partial charge in [0.2, 0.25) is 11.9 Å². The van der Waals surface area contributed by atoms with E-state index >= 15 is 0 Å². The summed E-state index contributed by atoms with van der Waals surface area (Å²) in [4.78, 5) is 17.1. The zero-order valence-electron chi connectivity index (χ0n) is 11.6. The molecule has 0 fully saturated rings. The zero-order valence-corrected chi connectivity index (χ0v) is 11.6. The normalized spacial score (nSPS) is 10.4. The molecule has 0 aliphatic rings. The number of nitrogens with zero attached hydrogens (tertiary/aromatic N) is 4. The van der Waals surface area contributed by atoms with Crippen LogP contribution in [0.5, 0.6) is 5.75 Å². The number of carbonyl (C=O) groups excluding carboxylic acids is 1. The van der Waals surface area contributed by atoms with Crippen LogP contribution in [-0.4, -0.2) is 45.8 Å². The maximum Gasteiger partial charge on any atom is 0.244 e. The van der Waals surface area contributed by atoms with Crippen molar-refractivity contribution in [2.24, 2.45) is 0 Å². The van der Waals surface area contributed by atoms with Gasteiger partial charge in [-0.05, 0) is 12.1 Å². The first kappa shape index (κ1) is 14.8. The number of hydrogen-bond donors (Lipinski definition) is 1. The maximum absolute atomic E-state index is 13.3. The van der Waals surface area contributed by atoms with Crippen LogP contribution in [0.3, 0.4) is 0 Å². The molecule has 0 spiro atoms. The Labute approximate surface area is 121 Å². The van der Waals surface area contributed by atoms with E-state index in [0.717, 1.165) is 0 Å². The molecule has 0 aliphatic heterocycles. The average Bonchev–Trinajstić information content (AvgIpc) is 2.86. The van der Waals surface area contributed by atoms with E-state index in [4.69, 9.17) is 10.5 Å². The summed E-state index contributed by atoms with van der Waals surface area (Å²) in [6, 6.07) is 6.12. The number of para-hydroxylation sites is 1. The Morgan fingerprint density at radius 1 is 1.48 bits per heavy atom. The minimum atomic E-state index is -0.426. The van der Waals surface area contributed by atoms with Crippen LogP contribution in [-0.2, 0) is 11.3 Å². The van der Waals surface area contributed by atoms with Crippen LogP contribution >= 0.6 is 0 Å². The summed E-state index contributed by atoms with van der Waals surface area (Å²) in [7, 11) is 1.63. The molecular weight excluding hydrogens is 277 g/mol. The second kappa shape index (κ2) is 6.69. The second-order valence-electron chi connectivity index (χ2n) is 4.39. The Morgan fingerprint density at radius 3 is 2.90 bits per heavy atom. The molecule has 0 aliphatic carbocycles. The summed E-state index contributed by atoms with van der Waals surface area (Å²) in [6.07, 6.45) is 1.39. The number of carbonyl (C=O) groups is 1. The SMILES string of the molecule is CN(CCOc1ccccc1F)C(=O)Cn1cnc(N)n1. The third kappa shape index (κ3) is 4.16. The lowest BCUT2D eigenvalue weighted by atomic mass is 10.3. The number of benzene rings is 1. The van der Waals surface area contributed by atoms with Gasteiger partial charge in [0.05, 0.1) is 6.54 Å². The molecular formula is C13H16FN5O2. The lowest BCUT2D eigenvalue weighted by Gasteiger charge is -2.17. The first-order chi connectivity index (χ1) is 10.1. The molecule has 8 heteroatoms. The number of ether oxygens (including phenoxy) is 1. The minimum absolute atomic E-state index is 0.0421. The molecule has 0 radical (unpaired) electrons. The van der Waals surface area contributed by atoms with Gasteiger partial charge in [-0.25, -0.2) is 14.1 Å². The van der Waals surface area contributed by atoms with Crippen molar-refractivity contribution < 1.29 is 13.9 Å². The van der Waals surface area contributed by atoms with Gasteiger partial charge in [0.25, 0.3) is 0 Å². The molecule has 2 N–H and O–H groups in total. The first-order valence-corrected chi connectivity index (χ1v) is 6.32. The molecule has 0 unspecified atom stereocenters. The Hall–Kier alpha value is -2.64. The van der Waals surface area contributed by atoms with E-state index in [1.165, 1.54) is 28.0 Å². The number of amides is 1. The van der Waals surface area contributed by atoms with Gasteiger partial charge in [0.15, 0.2) is 11.6 Å². The van der Waals surface area contributed by atoms with Gasteiger partial charge >= 0.3 is 0 Å². The number of rotatable bonds is 6. The minimum Gasteiger partial charge on any atom is -0.489 e. The van der Waals surface area contributed by atoms with Crippen molar-refractivity contribution in [3.05, 3.63) is 36.4 Å². The highest BCUT2D eigenvalue weighted by atomic mass is 19.1. The van der Waals surface area contributed by atoms with Crippen molar-refractivity contribution in [1.82, 2.24) is 19.7 Å². The van der Waals surface area contributed by atoms with Crippen molar-refractivity contribution in [3.63, 3.8) is 0 Å². The Kier molecular flexibility index (Phi) is 4.70. The van der Waals surface area contributed by atoms with Gasteiger partial charge in [-0.2, -0.15) is 0 Å². The molecule has 1 heterocycles. The zero-order chi connectivity index (χ0) is 15.2. The Balaban J connectivity index is 1.77. The maximum atomic E-state index is 13.3. The summed E-state index contributed by atoms with van der Waals surface area (Å²) >= 11 is 0. The third-order valence-electron chi connectivity index (χ3n) is 2.80. The number of likely N-dealkylation sites (N-methyl/N-ethyl adjacent to an activating group) is 1. The van der Waals surface area contributed by atoms with Crippen LogP contribution in [0.1, 0.15) is 0 Å². The number of aromatic nitrogens is 3. The molecule has 0 atom stereocenters. The molecule has 21 heavy (non-hydrogen) atoms. The van der Waals surface area contributed by atoms with E-state index in [1.807, 2.05) is 0 Å². The molecule has 1 aromatic carbocycles. The van der Waals surface area contributed by atoms with Gasteiger partial charge in [-0.3, -0.25) is 4.79 Å². The fourth-order valence-corrected chi connectivity index (χ4v) is 1.62. The van der Waals surface area contributed by atoms with E-state index < -0.39 is 5.82 Å². The molecule has 7 nitrogen and oxygen atoms in total. The lowest BCUT2D eigenvalue weighted by Crippen LogP contribution is -2.33. The highest BCUT2D eigenvalue weighted by Crippen LogP contribution is 2.14. The quantitative estimate of drug-likeness (QED) is 0.840. The van der Waals surface area contributed by atoms with Crippen molar-refractivity contribution in [2.75, 3.05) is 25.9 Å². The summed E-state index contributed by atoms with van der Waals surface area (Å²) in [5.74, 6) is -0.308. The molecule has 2 rings (SSSR count). The van der Waals surface area contributed by atoms with E-state index in [-0.39, 0.29) is 30.8 Å². The molecule has 1 amide bonds. The monoisotopic (exact) mass is 293 g/mol. The highest BCUT2D eigenvalue weighted by molar-refractivity contribution is 5.75. The van der Waals surface area contributed by atoms with Crippen LogP contribution < -0.4 is 10.5 Å². The molecule has 0 saturated carbocycles. The molecule has 112 valence electrons. The summed E-state index contributed by atoms with van der Waals surface area (Å²) in [5, 5.41) is 3.83. The van der Waals surface area contributed by atoms with Crippen LogP contribution in [0.2, 0.25) is 0 Å². The van der Waals surface area contributed by atoms with Gasteiger partial charge in [-0.15, -0.1) is 5.10 Å². The van der Waals surface area contributed by atoms with E-state index in [1.54, 1.807) is 19.2 Å². The van der Waals surface area contributed by atoms with E-state index in [0.29, 0.717) is 6.54 Å². The average molecular weight is 293 g/mol. The lowest BCUT2D eigenvalue weighted by molar-refractivity contribution is -0.131. The van der Waals surface area contributed by atoms with Gasteiger partial charge in [0.1, 0.15) is 19.5 Å². The molecule has 0 bridgehead atoms. The third-order valence-corrected chi connectivity index (χ3v) is 2.80. The summed E-state index contributed by atoms with van der Waals surface area (Å²) in [5.41, 5.74) is 5.37. The van der Waals surface area contributed by atoms with Crippen LogP contribution in [0, 0.1) is 5.82 Å². The number of nitrogen functional groups attached to an aromatic ring is 1. The second-order valence-corrected chi connectivity index (χ2v) is 4.39. The topological polar surface area (TPSA) is 86.3 Å². The Bertz CT molecular complexity index is 616. The van der Waals surface area contributed by atoms with E-state index in [2.05, 4.69) is 10.1 Å². The van der Waals surface area contributed by atoms with Crippen molar-refractivity contribution in [2.45, 2.75) is 6.54 Å². The molecule has 2 aromatic rings. The van der Waals surface area contributed by atoms with Crippen LogP contribution in [0.4, 0.5) is 10.3 Å². The standard InChI is InChI=1S/C13H16FN5O2/c1-18(12(20)8-19-9-16-13(15)17-19)6-7-21-11-5-3-2-4-10(11)14/h2-5,9H,6-8H2,1H3,(H2,15,17). The summed E-state index contributed by atoms with van der Waals surface area (Å²) < 4.78 is 20.0. The van der Waals surface area contributed by atoms with Crippen molar-refractivity contribution >= 4 is 11.9 Å².